The Morgan fingerprint density at radius 3 is 2.52 bits per heavy atom. The summed E-state index contributed by atoms with van der Waals surface area (Å²) in [6.07, 6.45) is 7.32. The van der Waals surface area contributed by atoms with E-state index in [0.717, 1.165) is 42.7 Å². The van der Waals surface area contributed by atoms with Crippen LogP contribution in [0.25, 0.3) is 0 Å². The molecule has 2 N–H and O–H groups in total. The fourth-order valence-corrected chi connectivity index (χ4v) is 6.44. The summed E-state index contributed by atoms with van der Waals surface area (Å²) in [6.45, 7) is 2.10. The van der Waals surface area contributed by atoms with Gasteiger partial charge in [-0.3, -0.25) is 10.00 Å². The van der Waals surface area contributed by atoms with E-state index in [0.29, 0.717) is 16.4 Å². The fraction of sp³-hybridized carbons (Fsp3) is 0.545. The Kier molecular flexibility index (Phi) is 4.57. The molecule has 0 spiro atoms. The van der Waals surface area contributed by atoms with Gasteiger partial charge in [-0.15, -0.1) is 0 Å². The molecule has 29 heavy (non-hydrogen) atoms. The standard InChI is InChI=1S/C22H26ClFN4O/c1-13-5-20(27-28(13)12-17-18(23)3-2-4-19(17)24)25-21(29)26-22-9-14-6-15(10-22)8-16(7-14)11-22/h2-5,14-16H,6-12H2,1H3,(H2,25,26,27,29). The number of nitrogens with one attached hydrogen (secondary N) is 2. The first-order valence-electron chi connectivity index (χ1n) is 10.5. The van der Waals surface area contributed by atoms with Crippen molar-refractivity contribution < 1.29 is 9.18 Å². The zero-order valence-corrected chi connectivity index (χ0v) is 17.3. The van der Waals surface area contributed by atoms with Crippen LogP contribution >= 0.6 is 11.6 Å². The van der Waals surface area contributed by atoms with Crippen molar-refractivity contribution in [1.29, 1.82) is 0 Å². The maximum Gasteiger partial charge on any atom is 0.320 e. The summed E-state index contributed by atoms with van der Waals surface area (Å²) >= 11 is 6.13. The highest BCUT2D eigenvalue weighted by atomic mass is 35.5. The van der Waals surface area contributed by atoms with Gasteiger partial charge < -0.3 is 5.32 Å². The molecule has 2 amide bonds. The van der Waals surface area contributed by atoms with Gasteiger partial charge in [0.2, 0.25) is 0 Å². The number of anilines is 1. The van der Waals surface area contributed by atoms with Gasteiger partial charge in [-0.25, -0.2) is 9.18 Å². The molecule has 0 saturated heterocycles. The first-order chi connectivity index (χ1) is 13.9. The predicted molar refractivity (Wildman–Crippen MR) is 111 cm³/mol. The summed E-state index contributed by atoms with van der Waals surface area (Å²) in [5.41, 5.74) is 1.18. The molecule has 1 heterocycles. The van der Waals surface area contributed by atoms with Gasteiger partial charge in [-0.05, 0) is 75.3 Å². The molecular formula is C22H26ClFN4O. The summed E-state index contributed by atoms with van der Waals surface area (Å²) in [5.74, 6) is 2.43. The van der Waals surface area contributed by atoms with Crippen LogP contribution in [0.1, 0.15) is 49.8 Å². The quantitative estimate of drug-likeness (QED) is 0.726. The Morgan fingerprint density at radius 1 is 1.24 bits per heavy atom. The second-order valence-electron chi connectivity index (χ2n) is 9.31. The molecule has 0 unspecified atom stereocenters. The summed E-state index contributed by atoms with van der Waals surface area (Å²) in [4.78, 5) is 12.7. The van der Waals surface area contributed by atoms with Crippen molar-refractivity contribution in [3.8, 4) is 0 Å². The van der Waals surface area contributed by atoms with E-state index in [2.05, 4.69) is 15.7 Å². The van der Waals surface area contributed by atoms with E-state index in [1.54, 1.807) is 22.9 Å². The summed E-state index contributed by atoms with van der Waals surface area (Å²) < 4.78 is 15.8. The van der Waals surface area contributed by atoms with E-state index in [4.69, 9.17) is 11.6 Å². The highest BCUT2D eigenvalue weighted by Crippen LogP contribution is 2.55. The normalized spacial score (nSPS) is 29.8. The molecule has 0 atom stereocenters. The number of hydrogen-bond acceptors (Lipinski definition) is 2. The smallest absolute Gasteiger partial charge is 0.320 e. The molecule has 7 heteroatoms. The molecule has 5 nitrogen and oxygen atoms in total. The van der Waals surface area contributed by atoms with Crippen LogP contribution in [0.2, 0.25) is 5.02 Å². The summed E-state index contributed by atoms with van der Waals surface area (Å²) in [6, 6.07) is 6.24. The Labute approximate surface area is 175 Å². The number of benzene rings is 1. The number of rotatable bonds is 4. The van der Waals surface area contributed by atoms with Gasteiger partial charge in [0.15, 0.2) is 5.82 Å². The minimum absolute atomic E-state index is 0.0445. The van der Waals surface area contributed by atoms with Gasteiger partial charge in [0.1, 0.15) is 5.82 Å². The second kappa shape index (κ2) is 7.01. The average molecular weight is 417 g/mol. The zero-order chi connectivity index (χ0) is 20.2. The first-order valence-corrected chi connectivity index (χ1v) is 10.8. The van der Waals surface area contributed by atoms with Crippen molar-refractivity contribution >= 4 is 23.4 Å². The van der Waals surface area contributed by atoms with Crippen LogP contribution in [0.3, 0.4) is 0 Å². The topological polar surface area (TPSA) is 59.0 Å². The van der Waals surface area contributed by atoms with Crippen molar-refractivity contribution in [1.82, 2.24) is 15.1 Å². The van der Waals surface area contributed by atoms with Crippen LogP contribution in [0.4, 0.5) is 15.0 Å². The summed E-state index contributed by atoms with van der Waals surface area (Å²) in [5, 5.41) is 11.0. The molecule has 4 fully saturated rings. The third-order valence-electron chi connectivity index (χ3n) is 7.01. The van der Waals surface area contributed by atoms with Gasteiger partial charge >= 0.3 is 6.03 Å². The van der Waals surface area contributed by atoms with E-state index >= 15 is 0 Å². The van der Waals surface area contributed by atoms with Crippen LogP contribution in [0, 0.1) is 30.5 Å². The number of amides is 2. The maximum absolute atomic E-state index is 14.1. The predicted octanol–water partition coefficient (Wildman–Crippen LogP) is 5.12. The number of carbonyl (C=O) groups is 1. The highest BCUT2D eigenvalue weighted by molar-refractivity contribution is 6.31. The first kappa shape index (κ1) is 18.9. The number of nitrogens with zero attached hydrogens (tertiary/aromatic N) is 2. The van der Waals surface area contributed by atoms with E-state index in [9.17, 15) is 9.18 Å². The third kappa shape index (κ3) is 3.63. The molecule has 1 aromatic heterocycles. The fourth-order valence-electron chi connectivity index (χ4n) is 6.22. The molecule has 1 aromatic carbocycles. The van der Waals surface area contributed by atoms with Gasteiger partial charge in [-0.1, -0.05) is 17.7 Å². The van der Waals surface area contributed by atoms with E-state index < -0.39 is 0 Å². The van der Waals surface area contributed by atoms with Gasteiger partial charge in [0, 0.05) is 27.9 Å². The van der Waals surface area contributed by atoms with Crippen LogP contribution < -0.4 is 10.6 Å². The minimum Gasteiger partial charge on any atom is -0.332 e. The molecular weight excluding hydrogens is 391 g/mol. The molecule has 0 radical (unpaired) electrons. The molecule has 4 aliphatic carbocycles. The van der Waals surface area contributed by atoms with Crippen molar-refractivity contribution in [2.24, 2.45) is 17.8 Å². The molecule has 4 saturated carbocycles. The largest absolute Gasteiger partial charge is 0.332 e. The van der Waals surface area contributed by atoms with Gasteiger partial charge in [0.25, 0.3) is 0 Å². The molecule has 2 aromatic rings. The second-order valence-corrected chi connectivity index (χ2v) is 9.71. The number of halogens is 2. The van der Waals surface area contributed by atoms with Crippen molar-refractivity contribution in [3.05, 3.63) is 46.4 Å². The van der Waals surface area contributed by atoms with E-state index in [-0.39, 0.29) is 23.9 Å². The third-order valence-corrected chi connectivity index (χ3v) is 7.36. The van der Waals surface area contributed by atoms with Crippen LogP contribution in [-0.4, -0.2) is 21.4 Å². The van der Waals surface area contributed by atoms with Crippen LogP contribution in [0.5, 0.6) is 0 Å². The number of urea groups is 1. The molecule has 0 aliphatic heterocycles. The summed E-state index contributed by atoms with van der Waals surface area (Å²) in [7, 11) is 0. The molecule has 6 rings (SSSR count). The SMILES string of the molecule is Cc1cc(NC(=O)NC23CC4CC(CC(C4)C2)C3)nn1Cc1c(F)cccc1Cl. The monoisotopic (exact) mass is 416 g/mol. The Hall–Kier alpha value is -2.08. The molecule has 4 aliphatic rings. The van der Waals surface area contributed by atoms with E-state index in [1.165, 1.54) is 25.3 Å². The van der Waals surface area contributed by atoms with Crippen LogP contribution in [-0.2, 0) is 6.54 Å². The molecule has 154 valence electrons. The Bertz CT molecular complexity index is 901. The lowest BCUT2D eigenvalue weighted by molar-refractivity contribution is -0.0127. The number of carbonyl (C=O) groups excluding carboxylic acids is 1. The van der Waals surface area contributed by atoms with Gasteiger partial charge in [-0.2, -0.15) is 5.10 Å². The molecule has 4 bridgehead atoms. The van der Waals surface area contributed by atoms with Gasteiger partial charge in [0.05, 0.1) is 6.54 Å². The van der Waals surface area contributed by atoms with E-state index in [1.807, 2.05) is 6.92 Å². The van der Waals surface area contributed by atoms with Crippen molar-refractivity contribution in [2.75, 3.05) is 5.32 Å². The van der Waals surface area contributed by atoms with Crippen molar-refractivity contribution in [2.45, 2.75) is 57.5 Å². The average Bonchev–Trinajstić information content (AvgIpc) is 2.95. The lowest BCUT2D eigenvalue weighted by atomic mass is 9.53. The minimum atomic E-state index is -0.360. The van der Waals surface area contributed by atoms with Crippen molar-refractivity contribution in [3.63, 3.8) is 0 Å². The Balaban J connectivity index is 1.27. The van der Waals surface area contributed by atoms with Crippen LogP contribution in [0.15, 0.2) is 24.3 Å². The lowest BCUT2D eigenvalue weighted by Crippen LogP contribution is -2.60. The zero-order valence-electron chi connectivity index (χ0n) is 16.5. The number of aromatic nitrogens is 2. The highest BCUT2D eigenvalue weighted by Gasteiger charge is 2.51. The maximum atomic E-state index is 14.1. The lowest BCUT2D eigenvalue weighted by Gasteiger charge is -2.56. The number of aryl methyl sites for hydroxylation is 1. The number of hydrogen-bond donors (Lipinski definition) is 2. The Morgan fingerprint density at radius 2 is 1.90 bits per heavy atom.